The highest BCUT2D eigenvalue weighted by molar-refractivity contribution is 8.13. The summed E-state index contributed by atoms with van der Waals surface area (Å²) in [5.74, 6) is 0.972. The lowest BCUT2D eigenvalue weighted by atomic mass is 9.99. The van der Waals surface area contributed by atoms with Crippen LogP contribution in [0.5, 0.6) is 5.75 Å². The number of amidine groups is 1. The first-order valence-electron chi connectivity index (χ1n) is 7.92. The van der Waals surface area contributed by atoms with Crippen molar-refractivity contribution in [3.63, 3.8) is 0 Å². The zero-order valence-electron chi connectivity index (χ0n) is 14.3. The Bertz CT molecular complexity index is 701. The molecule has 3 nitrogen and oxygen atoms in total. The number of thioether (sulfide) groups is 1. The summed E-state index contributed by atoms with van der Waals surface area (Å²) in [5, 5.41) is 0.461. The minimum atomic E-state index is -0.369. The van der Waals surface area contributed by atoms with Crippen LogP contribution in [-0.2, 0) is 5.75 Å². The predicted molar refractivity (Wildman–Crippen MR) is 101 cm³/mol. The molecule has 0 bridgehead atoms. The summed E-state index contributed by atoms with van der Waals surface area (Å²) in [7, 11) is 1.45. The van der Waals surface area contributed by atoms with E-state index in [-0.39, 0.29) is 11.6 Å². The lowest BCUT2D eigenvalue weighted by molar-refractivity contribution is 0.386. The first-order chi connectivity index (χ1) is 11.5. The van der Waals surface area contributed by atoms with E-state index >= 15 is 0 Å². The fourth-order valence-corrected chi connectivity index (χ4v) is 2.89. The molecular formula is C19H23FN2OS. The van der Waals surface area contributed by atoms with Gasteiger partial charge >= 0.3 is 0 Å². The Morgan fingerprint density at radius 2 is 1.96 bits per heavy atom. The van der Waals surface area contributed by atoms with Crippen LogP contribution in [0.1, 0.15) is 37.3 Å². The van der Waals surface area contributed by atoms with E-state index < -0.39 is 0 Å². The maximum atomic E-state index is 13.7. The highest BCUT2D eigenvalue weighted by Crippen LogP contribution is 2.24. The third-order valence-corrected chi connectivity index (χ3v) is 4.78. The van der Waals surface area contributed by atoms with Crippen LogP contribution in [0.2, 0.25) is 0 Å². The standard InChI is InChI=1S/C19H23FN2OS/c1-4-13(2)15-6-8-16(9-7-15)22-19(21)24-12-14-5-10-18(23-3)17(20)11-14/h5-11,13H,4,12H2,1-3H3,(H2,21,22)/t13-/m1/s1. The van der Waals surface area contributed by atoms with Gasteiger partial charge in [0.25, 0.3) is 0 Å². The second-order valence-corrected chi connectivity index (χ2v) is 6.60. The maximum Gasteiger partial charge on any atom is 0.165 e. The van der Waals surface area contributed by atoms with Gasteiger partial charge in [0.2, 0.25) is 0 Å². The molecule has 2 aromatic carbocycles. The van der Waals surface area contributed by atoms with Gasteiger partial charge in [-0.2, -0.15) is 0 Å². The first-order valence-corrected chi connectivity index (χ1v) is 8.91. The van der Waals surface area contributed by atoms with E-state index in [0.29, 0.717) is 16.8 Å². The van der Waals surface area contributed by atoms with Gasteiger partial charge < -0.3 is 10.5 Å². The number of nitrogens with two attached hydrogens (primary N) is 1. The van der Waals surface area contributed by atoms with Gasteiger partial charge in [0.15, 0.2) is 16.7 Å². The normalized spacial score (nSPS) is 12.9. The molecule has 5 heteroatoms. The number of ether oxygens (including phenoxy) is 1. The van der Waals surface area contributed by atoms with Crippen LogP contribution < -0.4 is 10.5 Å². The molecule has 2 rings (SSSR count). The van der Waals surface area contributed by atoms with Crippen LogP contribution in [0.3, 0.4) is 0 Å². The van der Waals surface area contributed by atoms with E-state index in [4.69, 9.17) is 10.5 Å². The van der Waals surface area contributed by atoms with E-state index in [2.05, 4.69) is 31.0 Å². The van der Waals surface area contributed by atoms with Crippen molar-refractivity contribution in [1.82, 2.24) is 0 Å². The molecule has 0 unspecified atom stereocenters. The van der Waals surface area contributed by atoms with Crippen molar-refractivity contribution in [2.75, 3.05) is 7.11 Å². The number of methoxy groups -OCH3 is 1. The Morgan fingerprint density at radius 1 is 1.25 bits per heavy atom. The van der Waals surface area contributed by atoms with Crippen LogP contribution in [-0.4, -0.2) is 12.3 Å². The van der Waals surface area contributed by atoms with Crippen LogP contribution in [0, 0.1) is 5.82 Å². The van der Waals surface area contributed by atoms with E-state index in [1.807, 2.05) is 18.2 Å². The van der Waals surface area contributed by atoms with Crippen LogP contribution in [0.15, 0.2) is 47.5 Å². The highest BCUT2D eigenvalue weighted by atomic mass is 32.2. The number of aliphatic imine (C=N–C) groups is 1. The van der Waals surface area contributed by atoms with Crippen LogP contribution in [0.4, 0.5) is 10.1 Å². The molecular weight excluding hydrogens is 323 g/mol. The van der Waals surface area contributed by atoms with Crippen molar-refractivity contribution >= 4 is 22.6 Å². The Kier molecular flexibility index (Phi) is 6.67. The zero-order valence-corrected chi connectivity index (χ0v) is 15.1. The quantitative estimate of drug-likeness (QED) is 0.576. The van der Waals surface area contributed by atoms with Crippen molar-refractivity contribution in [2.45, 2.75) is 31.9 Å². The zero-order chi connectivity index (χ0) is 17.5. The summed E-state index contributed by atoms with van der Waals surface area (Å²) in [6.45, 7) is 4.38. The van der Waals surface area contributed by atoms with Crippen molar-refractivity contribution in [1.29, 1.82) is 0 Å². The molecule has 0 aliphatic heterocycles. The van der Waals surface area contributed by atoms with Crippen LogP contribution in [0.25, 0.3) is 0 Å². The molecule has 0 heterocycles. The van der Waals surface area contributed by atoms with Gasteiger partial charge in [-0.3, -0.25) is 0 Å². The molecule has 0 radical (unpaired) electrons. The Labute approximate surface area is 147 Å². The van der Waals surface area contributed by atoms with Gasteiger partial charge in [-0.1, -0.05) is 43.8 Å². The second-order valence-electron chi connectivity index (χ2n) is 5.61. The molecule has 0 aliphatic carbocycles. The van der Waals surface area contributed by atoms with E-state index in [1.165, 1.54) is 30.5 Å². The summed E-state index contributed by atoms with van der Waals surface area (Å²) >= 11 is 1.38. The monoisotopic (exact) mass is 346 g/mol. The van der Waals surface area contributed by atoms with Crippen LogP contribution >= 0.6 is 11.8 Å². The first kappa shape index (κ1) is 18.3. The minimum Gasteiger partial charge on any atom is -0.494 e. The van der Waals surface area contributed by atoms with Gasteiger partial charge in [-0.15, -0.1) is 0 Å². The number of hydrogen-bond donors (Lipinski definition) is 1. The van der Waals surface area contributed by atoms with Crippen molar-refractivity contribution in [2.24, 2.45) is 10.7 Å². The molecule has 0 fully saturated rings. The van der Waals surface area contributed by atoms with E-state index in [0.717, 1.165) is 17.7 Å². The second kappa shape index (κ2) is 8.73. The SMILES string of the molecule is CC[C@@H](C)c1ccc(N=C(N)SCc2ccc(OC)c(F)c2)cc1. The number of rotatable bonds is 6. The molecule has 1 atom stereocenters. The van der Waals surface area contributed by atoms with Gasteiger partial charge in [0, 0.05) is 5.75 Å². The third kappa shape index (κ3) is 4.99. The third-order valence-electron chi connectivity index (χ3n) is 3.92. The van der Waals surface area contributed by atoms with Gasteiger partial charge in [-0.25, -0.2) is 9.38 Å². The molecule has 2 aromatic rings. The largest absolute Gasteiger partial charge is 0.494 e. The molecule has 2 N–H and O–H groups in total. The molecule has 0 saturated carbocycles. The summed E-state index contributed by atoms with van der Waals surface area (Å²) in [6.07, 6.45) is 1.11. The minimum absolute atomic E-state index is 0.242. The smallest absolute Gasteiger partial charge is 0.165 e. The Hall–Kier alpha value is -2.01. The van der Waals surface area contributed by atoms with E-state index in [1.54, 1.807) is 6.07 Å². The number of benzene rings is 2. The lowest BCUT2D eigenvalue weighted by Crippen LogP contribution is -2.06. The average Bonchev–Trinajstić information content (AvgIpc) is 2.60. The van der Waals surface area contributed by atoms with Gasteiger partial charge in [0.1, 0.15) is 0 Å². The molecule has 24 heavy (non-hydrogen) atoms. The van der Waals surface area contributed by atoms with E-state index in [9.17, 15) is 4.39 Å². The van der Waals surface area contributed by atoms with Gasteiger partial charge in [0.05, 0.1) is 12.8 Å². The van der Waals surface area contributed by atoms with Crippen molar-refractivity contribution < 1.29 is 9.13 Å². The molecule has 128 valence electrons. The Morgan fingerprint density at radius 3 is 2.54 bits per heavy atom. The molecule has 0 aliphatic rings. The predicted octanol–water partition coefficient (Wildman–Crippen LogP) is 5.23. The summed E-state index contributed by atoms with van der Waals surface area (Å²) in [5.41, 5.74) is 8.93. The van der Waals surface area contributed by atoms with Crippen molar-refractivity contribution in [3.05, 3.63) is 59.4 Å². The summed E-state index contributed by atoms with van der Waals surface area (Å²) < 4.78 is 18.6. The fraction of sp³-hybridized carbons (Fsp3) is 0.316. The molecule has 0 amide bonds. The number of nitrogens with zero attached hydrogens (tertiary/aromatic N) is 1. The Balaban J connectivity index is 1.97. The summed E-state index contributed by atoms with van der Waals surface area (Å²) in [4.78, 5) is 4.40. The molecule has 0 saturated heterocycles. The fourth-order valence-electron chi connectivity index (χ4n) is 2.23. The average molecular weight is 346 g/mol. The van der Waals surface area contributed by atoms with Crippen molar-refractivity contribution in [3.8, 4) is 5.75 Å². The topological polar surface area (TPSA) is 47.6 Å². The molecule has 0 spiro atoms. The molecule has 0 aromatic heterocycles. The lowest BCUT2D eigenvalue weighted by Gasteiger charge is -2.08. The summed E-state index contributed by atoms with van der Waals surface area (Å²) in [6, 6.07) is 13.0. The highest BCUT2D eigenvalue weighted by Gasteiger charge is 2.05. The number of hydrogen-bond acceptors (Lipinski definition) is 3. The number of halogens is 1. The maximum absolute atomic E-state index is 13.7. The van der Waals surface area contributed by atoms with Gasteiger partial charge in [-0.05, 0) is 47.7 Å².